The first-order valence-corrected chi connectivity index (χ1v) is 8.33. The van der Waals surface area contributed by atoms with Crippen molar-refractivity contribution in [3.05, 3.63) is 96.3 Å². The highest BCUT2D eigenvalue weighted by atomic mass is 19.1. The highest BCUT2D eigenvalue weighted by molar-refractivity contribution is 5.71. The van der Waals surface area contributed by atoms with E-state index in [-0.39, 0.29) is 5.82 Å². The molecule has 0 radical (unpaired) electrons. The Balaban J connectivity index is 1.82. The van der Waals surface area contributed by atoms with E-state index in [1.54, 1.807) is 6.07 Å². The van der Waals surface area contributed by atoms with Gasteiger partial charge in [0.15, 0.2) is 0 Å². The molecule has 120 valence electrons. The van der Waals surface area contributed by atoms with Crippen LogP contribution in [0.15, 0.2) is 84.9 Å². The summed E-state index contributed by atoms with van der Waals surface area (Å²) in [5.74, 6) is -0.182. The van der Waals surface area contributed by atoms with Crippen molar-refractivity contribution < 1.29 is 4.39 Å². The molecule has 0 saturated carbocycles. The van der Waals surface area contributed by atoms with Gasteiger partial charge < -0.3 is 0 Å². The molecule has 0 fully saturated rings. The molecule has 3 rings (SSSR count). The monoisotopic (exact) mass is 316 g/mol. The maximum absolute atomic E-state index is 14.6. The summed E-state index contributed by atoms with van der Waals surface area (Å²) in [6.07, 6.45) is 6.28. The minimum atomic E-state index is -0.182. The van der Waals surface area contributed by atoms with E-state index < -0.39 is 0 Å². The van der Waals surface area contributed by atoms with Crippen LogP contribution in [0.3, 0.4) is 0 Å². The van der Waals surface area contributed by atoms with Gasteiger partial charge in [-0.3, -0.25) is 0 Å². The van der Waals surface area contributed by atoms with Crippen LogP contribution in [0, 0.1) is 5.82 Å². The van der Waals surface area contributed by atoms with Gasteiger partial charge in [0.05, 0.1) is 0 Å². The zero-order valence-corrected chi connectivity index (χ0v) is 13.9. The molecule has 3 aromatic rings. The Labute approximate surface area is 143 Å². The molecule has 0 spiro atoms. The lowest BCUT2D eigenvalue weighted by atomic mass is 9.98. The van der Waals surface area contributed by atoms with Crippen LogP contribution in [0.5, 0.6) is 0 Å². The van der Waals surface area contributed by atoms with Gasteiger partial charge in [-0.25, -0.2) is 4.39 Å². The fourth-order valence-electron chi connectivity index (χ4n) is 2.83. The van der Waals surface area contributed by atoms with E-state index in [1.165, 1.54) is 5.56 Å². The Morgan fingerprint density at radius 1 is 0.792 bits per heavy atom. The van der Waals surface area contributed by atoms with Gasteiger partial charge >= 0.3 is 0 Å². The van der Waals surface area contributed by atoms with Crippen molar-refractivity contribution in [1.82, 2.24) is 0 Å². The first-order chi connectivity index (χ1) is 11.8. The summed E-state index contributed by atoms with van der Waals surface area (Å²) < 4.78 is 14.6. The SMILES string of the molecule is C/C=C/CCc1ccc(-c2ccc(-c3ccccc3)cc2F)cc1. The van der Waals surface area contributed by atoms with Gasteiger partial charge in [-0.15, -0.1) is 0 Å². The van der Waals surface area contributed by atoms with Crippen molar-refractivity contribution in [2.75, 3.05) is 0 Å². The van der Waals surface area contributed by atoms with Crippen molar-refractivity contribution in [2.45, 2.75) is 19.8 Å². The van der Waals surface area contributed by atoms with Crippen LogP contribution in [-0.2, 0) is 6.42 Å². The van der Waals surface area contributed by atoms with Crippen LogP contribution >= 0.6 is 0 Å². The minimum absolute atomic E-state index is 0.182. The second-order valence-electron chi connectivity index (χ2n) is 5.87. The molecule has 0 aliphatic heterocycles. The van der Waals surface area contributed by atoms with Gasteiger partial charge in [-0.2, -0.15) is 0 Å². The predicted octanol–water partition coefficient (Wildman–Crippen LogP) is 6.67. The number of benzene rings is 3. The second-order valence-corrected chi connectivity index (χ2v) is 5.87. The van der Waals surface area contributed by atoms with Gasteiger partial charge in [0.25, 0.3) is 0 Å². The molecule has 0 atom stereocenters. The second kappa shape index (κ2) is 7.74. The fourth-order valence-corrected chi connectivity index (χ4v) is 2.83. The number of allylic oxidation sites excluding steroid dienone is 2. The molecule has 0 saturated heterocycles. The van der Waals surface area contributed by atoms with Crippen molar-refractivity contribution in [3.63, 3.8) is 0 Å². The third-order valence-electron chi connectivity index (χ3n) is 4.18. The van der Waals surface area contributed by atoms with Crippen LogP contribution in [-0.4, -0.2) is 0 Å². The molecule has 0 nitrogen and oxygen atoms in total. The highest BCUT2D eigenvalue weighted by Gasteiger charge is 2.07. The molecular weight excluding hydrogens is 295 g/mol. The standard InChI is InChI=1S/C23H21F/c1-2-3-5-8-18-11-13-20(14-12-18)22-16-15-21(17-23(22)24)19-9-6-4-7-10-19/h2-4,6-7,9-17H,5,8H2,1H3/b3-2+. The lowest BCUT2D eigenvalue weighted by Crippen LogP contribution is -1.88. The Hall–Kier alpha value is -2.67. The van der Waals surface area contributed by atoms with Crippen LogP contribution in [0.2, 0.25) is 0 Å². The Morgan fingerprint density at radius 2 is 1.50 bits per heavy atom. The first-order valence-electron chi connectivity index (χ1n) is 8.33. The van der Waals surface area contributed by atoms with Gasteiger partial charge in [0.2, 0.25) is 0 Å². The number of halogens is 1. The summed E-state index contributed by atoms with van der Waals surface area (Å²) in [6.45, 7) is 2.03. The van der Waals surface area contributed by atoms with E-state index in [0.717, 1.165) is 29.5 Å². The lowest BCUT2D eigenvalue weighted by molar-refractivity contribution is 0.632. The molecule has 0 bridgehead atoms. The minimum Gasteiger partial charge on any atom is -0.206 e. The third-order valence-corrected chi connectivity index (χ3v) is 4.18. The quantitative estimate of drug-likeness (QED) is 0.461. The third kappa shape index (κ3) is 3.80. The maximum atomic E-state index is 14.6. The molecule has 0 unspecified atom stereocenters. The van der Waals surface area contributed by atoms with Crippen molar-refractivity contribution >= 4 is 0 Å². The zero-order chi connectivity index (χ0) is 16.8. The molecule has 1 heteroatoms. The van der Waals surface area contributed by atoms with Crippen LogP contribution < -0.4 is 0 Å². The molecule has 0 heterocycles. The predicted molar refractivity (Wildman–Crippen MR) is 100 cm³/mol. The molecule has 0 aliphatic rings. The van der Waals surface area contributed by atoms with Crippen molar-refractivity contribution in [2.24, 2.45) is 0 Å². The topological polar surface area (TPSA) is 0 Å². The van der Waals surface area contributed by atoms with E-state index in [9.17, 15) is 4.39 Å². The highest BCUT2D eigenvalue weighted by Crippen LogP contribution is 2.28. The fraction of sp³-hybridized carbons (Fsp3) is 0.130. The van der Waals surface area contributed by atoms with E-state index in [0.29, 0.717) is 5.56 Å². The average Bonchev–Trinajstić information content (AvgIpc) is 2.63. The number of rotatable bonds is 5. The summed E-state index contributed by atoms with van der Waals surface area (Å²) >= 11 is 0. The summed E-state index contributed by atoms with van der Waals surface area (Å²) in [4.78, 5) is 0. The van der Waals surface area contributed by atoms with Crippen LogP contribution in [0.1, 0.15) is 18.9 Å². The molecule has 0 N–H and O–H groups in total. The Morgan fingerprint density at radius 3 is 2.17 bits per heavy atom. The van der Waals surface area contributed by atoms with E-state index in [4.69, 9.17) is 0 Å². The summed E-state index contributed by atoms with van der Waals surface area (Å²) in [7, 11) is 0. The van der Waals surface area contributed by atoms with Crippen molar-refractivity contribution in [3.8, 4) is 22.3 Å². The summed E-state index contributed by atoms with van der Waals surface area (Å²) in [5.41, 5.74) is 4.77. The Kier molecular flexibility index (Phi) is 5.22. The molecule has 3 aromatic carbocycles. The Bertz CT molecular complexity index is 814. The maximum Gasteiger partial charge on any atom is 0.131 e. The van der Waals surface area contributed by atoms with E-state index in [2.05, 4.69) is 24.3 Å². The molecule has 24 heavy (non-hydrogen) atoms. The molecule has 0 aromatic heterocycles. The van der Waals surface area contributed by atoms with E-state index in [1.807, 2.05) is 61.5 Å². The summed E-state index contributed by atoms with van der Waals surface area (Å²) in [5, 5.41) is 0. The zero-order valence-electron chi connectivity index (χ0n) is 13.9. The normalized spacial score (nSPS) is 11.1. The number of hydrogen-bond donors (Lipinski definition) is 0. The van der Waals surface area contributed by atoms with E-state index >= 15 is 0 Å². The molecule has 0 aliphatic carbocycles. The molecule has 0 amide bonds. The van der Waals surface area contributed by atoms with Gasteiger partial charge in [0, 0.05) is 5.56 Å². The summed E-state index contributed by atoms with van der Waals surface area (Å²) in [6, 6.07) is 23.5. The van der Waals surface area contributed by atoms with Crippen LogP contribution in [0.25, 0.3) is 22.3 Å². The molecular formula is C23H21F. The first kappa shape index (κ1) is 16.2. The van der Waals surface area contributed by atoms with Crippen LogP contribution in [0.4, 0.5) is 4.39 Å². The largest absolute Gasteiger partial charge is 0.206 e. The number of aryl methyl sites for hydroxylation is 1. The smallest absolute Gasteiger partial charge is 0.131 e. The lowest BCUT2D eigenvalue weighted by Gasteiger charge is -2.08. The van der Waals surface area contributed by atoms with Gasteiger partial charge in [-0.1, -0.05) is 78.9 Å². The van der Waals surface area contributed by atoms with Gasteiger partial charge in [0.1, 0.15) is 5.82 Å². The van der Waals surface area contributed by atoms with Crippen molar-refractivity contribution in [1.29, 1.82) is 0 Å². The average molecular weight is 316 g/mol. The van der Waals surface area contributed by atoms with Gasteiger partial charge in [-0.05, 0) is 48.1 Å². The number of hydrogen-bond acceptors (Lipinski definition) is 0.